The second-order valence-electron chi connectivity index (χ2n) is 7.30. The van der Waals surface area contributed by atoms with Crippen LogP contribution in [0.25, 0.3) is 0 Å². The number of ether oxygens (including phenoxy) is 1. The predicted octanol–water partition coefficient (Wildman–Crippen LogP) is 0.518. The molecule has 9 nitrogen and oxygen atoms in total. The van der Waals surface area contributed by atoms with Gasteiger partial charge in [-0.05, 0) is 25.8 Å². The summed E-state index contributed by atoms with van der Waals surface area (Å²) >= 11 is 0. The first-order valence-corrected chi connectivity index (χ1v) is 9.89. The fraction of sp³-hybridized carbons (Fsp3) is 0.684. The number of carbonyl (C=O) groups excluding carboxylic acids is 2. The molecule has 0 aromatic carbocycles. The van der Waals surface area contributed by atoms with Crippen molar-refractivity contribution in [2.24, 2.45) is 5.92 Å². The van der Waals surface area contributed by atoms with Gasteiger partial charge in [0.05, 0.1) is 30.9 Å². The van der Waals surface area contributed by atoms with Crippen LogP contribution >= 0.6 is 0 Å². The number of piperidine rings is 1. The normalized spacial score (nSPS) is 17.5. The summed E-state index contributed by atoms with van der Waals surface area (Å²) in [5.74, 6) is -0.772. The maximum absolute atomic E-state index is 12.9. The average molecular weight is 392 g/mol. The Morgan fingerprint density at radius 1 is 1.18 bits per heavy atom. The number of fused-ring (bicyclic) bond motifs is 1. The van der Waals surface area contributed by atoms with Gasteiger partial charge in [-0.2, -0.15) is 5.10 Å². The molecule has 0 spiro atoms. The van der Waals surface area contributed by atoms with Gasteiger partial charge < -0.3 is 19.6 Å². The van der Waals surface area contributed by atoms with Crippen molar-refractivity contribution in [1.29, 1.82) is 0 Å². The van der Waals surface area contributed by atoms with Crippen molar-refractivity contribution < 1.29 is 24.2 Å². The van der Waals surface area contributed by atoms with Crippen LogP contribution in [0.3, 0.4) is 0 Å². The third-order valence-electron chi connectivity index (χ3n) is 5.38. The first-order valence-electron chi connectivity index (χ1n) is 9.89. The SMILES string of the molecule is CCOCC(=O)N1CCC(C(=O)N2CCn3nc(CCC(=O)O)cc3C2)CC1. The van der Waals surface area contributed by atoms with Crippen LogP contribution in [-0.4, -0.2) is 75.3 Å². The summed E-state index contributed by atoms with van der Waals surface area (Å²) < 4.78 is 7.05. The molecule has 1 aromatic heterocycles. The van der Waals surface area contributed by atoms with Gasteiger partial charge in [0.1, 0.15) is 6.61 Å². The minimum Gasteiger partial charge on any atom is -0.481 e. The van der Waals surface area contributed by atoms with Gasteiger partial charge in [-0.15, -0.1) is 0 Å². The second kappa shape index (κ2) is 9.18. The number of aryl methyl sites for hydroxylation is 1. The van der Waals surface area contributed by atoms with Gasteiger partial charge in [-0.3, -0.25) is 19.1 Å². The van der Waals surface area contributed by atoms with E-state index >= 15 is 0 Å². The molecule has 1 fully saturated rings. The topological polar surface area (TPSA) is 105 Å². The number of hydrogen-bond donors (Lipinski definition) is 1. The monoisotopic (exact) mass is 392 g/mol. The van der Waals surface area contributed by atoms with Crippen LogP contribution in [0.15, 0.2) is 6.07 Å². The number of amides is 2. The largest absolute Gasteiger partial charge is 0.481 e. The Morgan fingerprint density at radius 2 is 1.93 bits per heavy atom. The molecule has 1 aromatic rings. The third-order valence-corrected chi connectivity index (χ3v) is 5.38. The molecule has 2 amide bonds. The summed E-state index contributed by atoms with van der Waals surface area (Å²) in [6.07, 6.45) is 1.81. The summed E-state index contributed by atoms with van der Waals surface area (Å²) in [6.45, 7) is 5.40. The molecule has 3 heterocycles. The summed E-state index contributed by atoms with van der Waals surface area (Å²) in [7, 11) is 0. The van der Waals surface area contributed by atoms with Crippen LogP contribution in [0.2, 0.25) is 0 Å². The number of carbonyl (C=O) groups is 3. The summed E-state index contributed by atoms with van der Waals surface area (Å²) in [5, 5.41) is 13.3. The Labute approximate surface area is 164 Å². The van der Waals surface area contributed by atoms with Crippen molar-refractivity contribution in [2.45, 2.75) is 45.7 Å². The molecule has 0 bridgehead atoms. The molecular formula is C19H28N4O5. The van der Waals surface area contributed by atoms with Crippen molar-refractivity contribution in [3.05, 3.63) is 17.5 Å². The smallest absolute Gasteiger partial charge is 0.303 e. The molecule has 0 atom stereocenters. The predicted molar refractivity (Wildman–Crippen MR) is 99.4 cm³/mol. The van der Waals surface area contributed by atoms with E-state index < -0.39 is 5.97 Å². The molecule has 1 N–H and O–H groups in total. The van der Waals surface area contributed by atoms with Crippen molar-refractivity contribution in [2.75, 3.05) is 32.8 Å². The minimum atomic E-state index is -0.839. The molecule has 9 heteroatoms. The first-order chi connectivity index (χ1) is 13.5. The Bertz CT molecular complexity index is 724. The van der Waals surface area contributed by atoms with Gasteiger partial charge in [0.25, 0.3) is 0 Å². The highest BCUT2D eigenvalue weighted by Crippen LogP contribution is 2.23. The number of hydrogen-bond acceptors (Lipinski definition) is 5. The zero-order valence-corrected chi connectivity index (χ0v) is 16.3. The van der Waals surface area contributed by atoms with Gasteiger partial charge in [0.15, 0.2) is 0 Å². The Kier molecular flexibility index (Phi) is 6.66. The van der Waals surface area contributed by atoms with Gasteiger partial charge in [-0.1, -0.05) is 0 Å². The highest BCUT2D eigenvalue weighted by atomic mass is 16.5. The van der Waals surface area contributed by atoms with E-state index in [9.17, 15) is 14.4 Å². The summed E-state index contributed by atoms with van der Waals surface area (Å²) in [4.78, 5) is 39.3. The van der Waals surface area contributed by atoms with E-state index in [0.717, 1.165) is 11.4 Å². The lowest BCUT2D eigenvalue weighted by atomic mass is 9.95. The molecule has 2 aliphatic heterocycles. The molecule has 0 saturated carbocycles. The Balaban J connectivity index is 1.51. The zero-order valence-electron chi connectivity index (χ0n) is 16.3. The third kappa shape index (κ3) is 4.89. The fourth-order valence-electron chi connectivity index (χ4n) is 3.79. The molecular weight excluding hydrogens is 364 g/mol. The number of carboxylic acids is 1. The van der Waals surface area contributed by atoms with Crippen LogP contribution in [0.1, 0.15) is 37.6 Å². The first kappa shape index (κ1) is 20.3. The lowest BCUT2D eigenvalue weighted by Gasteiger charge is -2.35. The quantitative estimate of drug-likeness (QED) is 0.725. The molecule has 154 valence electrons. The highest BCUT2D eigenvalue weighted by Gasteiger charge is 2.32. The van der Waals surface area contributed by atoms with Crippen molar-refractivity contribution in [3.8, 4) is 0 Å². The number of aromatic nitrogens is 2. The van der Waals surface area contributed by atoms with E-state index in [1.807, 2.05) is 22.6 Å². The molecule has 0 radical (unpaired) electrons. The van der Waals surface area contributed by atoms with E-state index in [1.54, 1.807) is 4.90 Å². The second-order valence-corrected chi connectivity index (χ2v) is 7.30. The minimum absolute atomic E-state index is 0.0106. The van der Waals surface area contributed by atoms with Gasteiger partial charge in [0.2, 0.25) is 11.8 Å². The lowest BCUT2D eigenvalue weighted by molar-refractivity contribution is -0.143. The number of nitrogens with zero attached hydrogens (tertiary/aromatic N) is 4. The van der Waals surface area contributed by atoms with Gasteiger partial charge in [0, 0.05) is 38.6 Å². The van der Waals surface area contributed by atoms with Crippen LogP contribution in [0.4, 0.5) is 0 Å². The fourth-order valence-corrected chi connectivity index (χ4v) is 3.79. The Morgan fingerprint density at radius 3 is 2.61 bits per heavy atom. The van der Waals surface area contributed by atoms with Crippen LogP contribution in [0, 0.1) is 5.92 Å². The molecule has 1 saturated heterocycles. The number of aliphatic carboxylic acids is 1. The van der Waals surface area contributed by atoms with E-state index in [4.69, 9.17) is 9.84 Å². The average Bonchev–Trinajstić information content (AvgIpc) is 3.12. The molecule has 28 heavy (non-hydrogen) atoms. The van der Waals surface area contributed by atoms with Crippen LogP contribution in [-0.2, 0) is 38.6 Å². The molecule has 2 aliphatic rings. The standard InChI is InChI=1S/C19H28N4O5/c1-2-28-13-17(24)21-7-5-14(6-8-21)19(27)22-9-10-23-16(12-22)11-15(20-23)3-4-18(25)26/h11,14H,2-10,12-13H2,1H3,(H,25,26). The van der Waals surface area contributed by atoms with Gasteiger partial charge in [-0.25, -0.2) is 0 Å². The van der Waals surface area contributed by atoms with E-state index in [2.05, 4.69) is 5.10 Å². The Hall–Kier alpha value is -2.42. The number of likely N-dealkylation sites (tertiary alicyclic amines) is 1. The molecule has 0 unspecified atom stereocenters. The number of rotatable bonds is 7. The van der Waals surface area contributed by atoms with Crippen molar-refractivity contribution in [1.82, 2.24) is 19.6 Å². The van der Waals surface area contributed by atoms with E-state index in [-0.39, 0.29) is 30.8 Å². The maximum Gasteiger partial charge on any atom is 0.303 e. The molecule has 0 aliphatic carbocycles. The zero-order chi connectivity index (χ0) is 20.1. The van der Waals surface area contributed by atoms with Crippen molar-refractivity contribution >= 4 is 17.8 Å². The van der Waals surface area contributed by atoms with Crippen LogP contribution < -0.4 is 0 Å². The number of carboxylic acid groups (broad SMARTS) is 1. The maximum atomic E-state index is 12.9. The van der Waals surface area contributed by atoms with Crippen LogP contribution in [0.5, 0.6) is 0 Å². The highest BCUT2D eigenvalue weighted by molar-refractivity contribution is 5.80. The van der Waals surface area contributed by atoms with E-state index in [0.29, 0.717) is 58.6 Å². The summed E-state index contributed by atoms with van der Waals surface area (Å²) in [5.41, 5.74) is 1.71. The van der Waals surface area contributed by atoms with Crippen molar-refractivity contribution in [3.63, 3.8) is 0 Å². The van der Waals surface area contributed by atoms with E-state index in [1.165, 1.54) is 0 Å². The summed E-state index contributed by atoms with van der Waals surface area (Å²) in [6, 6.07) is 1.90. The molecule has 3 rings (SSSR count). The van der Waals surface area contributed by atoms with Gasteiger partial charge >= 0.3 is 5.97 Å². The lowest BCUT2D eigenvalue weighted by Crippen LogP contribution is -2.47.